The first kappa shape index (κ1) is 21.7. The fourth-order valence-corrected chi connectivity index (χ4v) is 4.50. The number of benzene rings is 2. The molecule has 0 saturated heterocycles. The second-order valence-electron chi connectivity index (χ2n) is 7.96. The number of carbonyl (C=O) groups is 1. The average Bonchev–Trinajstić information content (AvgIpc) is 3.47. The maximum Gasteiger partial charge on any atom is 0.279 e. The summed E-state index contributed by atoms with van der Waals surface area (Å²) in [7, 11) is 0. The molecule has 0 aliphatic heterocycles. The Bertz CT molecular complexity index is 1540. The van der Waals surface area contributed by atoms with E-state index in [2.05, 4.69) is 15.4 Å². The second-order valence-corrected chi connectivity index (χ2v) is 9.19. The predicted molar refractivity (Wildman–Crippen MR) is 132 cm³/mol. The molecule has 8 nitrogen and oxygen atoms in total. The van der Waals surface area contributed by atoms with E-state index >= 15 is 0 Å². The van der Waals surface area contributed by atoms with Gasteiger partial charge in [0.1, 0.15) is 0 Å². The summed E-state index contributed by atoms with van der Waals surface area (Å²) in [6.07, 6.45) is 1.61. The van der Waals surface area contributed by atoms with Crippen molar-refractivity contribution in [1.29, 1.82) is 0 Å². The quantitative estimate of drug-likeness (QED) is 0.407. The monoisotopic (exact) mass is 470 g/mol. The summed E-state index contributed by atoms with van der Waals surface area (Å²) < 4.78 is 3.24. The van der Waals surface area contributed by atoms with Gasteiger partial charge in [-0.3, -0.25) is 9.59 Å². The minimum absolute atomic E-state index is 0.0887. The van der Waals surface area contributed by atoms with Gasteiger partial charge in [0.15, 0.2) is 11.0 Å². The molecular weight excluding hydrogens is 448 g/mol. The van der Waals surface area contributed by atoms with Crippen LogP contribution < -0.4 is 10.9 Å². The smallest absolute Gasteiger partial charge is 0.279 e. The van der Waals surface area contributed by atoms with Crippen LogP contribution in [0.5, 0.6) is 0 Å². The summed E-state index contributed by atoms with van der Waals surface area (Å²) in [6, 6.07) is 19.4. The number of hydrogen-bond acceptors (Lipinski definition) is 6. The first-order valence-electron chi connectivity index (χ1n) is 10.8. The van der Waals surface area contributed by atoms with Crippen LogP contribution in [-0.4, -0.2) is 30.1 Å². The molecule has 0 aliphatic rings. The summed E-state index contributed by atoms with van der Waals surface area (Å²) in [6.45, 7) is 4.25. The summed E-state index contributed by atoms with van der Waals surface area (Å²) >= 11 is 1.39. The Balaban J connectivity index is 1.61. The molecule has 0 bridgehead atoms. The van der Waals surface area contributed by atoms with E-state index in [1.165, 1.54) is 15.9 Å². The van der Waals surface area contributed by atoms with E-state index in [1.54, 1.807) is 6.20 Å². The zero-order valence-electron chi connectivity index (χ0n) is 18.7. The molecule has 0 unspecified atom stereocenters. The van der Waals surface area contributed by atoms with E-state index in [-0.39, 0.29) is 17.9 Å². The number of nitrogens with one attached hydrogen (secondary N) is 1. The lowest BCUT2D eigenvalue weighted by molar-refractivity contribution is -0.115. The zero-order chi connectivity index (χ0) is 23.7. The van der Waals surface area contributed by atoms with Gasteiger partial charge in [0, 0.05) is 27.9 Å². The van der Waals surface area contributed by atoms with Crippen LogP contribution in [0.15, 0.2) is 71.7 Å². The van der Waals surface area contributed by atoms with E-state index in [0.29, 0.717) is 34.5 Å². The number of amides is 1. The van der Waals surface area contributed by atoms with Gasteiger partial charge in [0.25, 0.3) is 5.56 Å². The van der Waals surface area contributed by atoms with Gasteiger partial charge in [-0.15, -0.1) is 16.4 Å². The van der Waals surface area contributed by atoms with E-state index in [9.17, 15) is 9.59 Å². The van der Waals surface area contributed by atoms with Crippen LogP contribution in [0.3, 0.4) is 0 Å². The molecule has 5 rings (SSSR count). The molecule has 9 heteroatoms. The minimum atomic E-state index is -0.350. The van der Waals surface area contributed by atoms with Crippen molar-refractivity contribution in [3.05, 3.63) is 98.9 Å². The molecule has 3 heterocycles. The Morgan fingerprint density at radius 2 is 1.74 bits per heavy atom. The summed E-state index contributed by atoms with van der Waals surface area (Å²) in [4.78, 5) is 36.1. The van der Waals surface area contributed by atoms with E-state index in [4.69, 9.17) is 4.98 Å². The zero-order valence-corrected chi connectivity index (χ0v) is 19.5. The Morgan fingerprint density at radius 1 is 1.03 bits per heavy atom. The summed E-state index contributed by atoms with van der Waals surface area (Å²) in [5.74, 6) is 0.590. The Hall–Kier alpha value is -4.11. The largest absolute Gasteiger partial charge is 0.309 e. The molecule has 0 atom stereocenters. The number of hydrogen-bond donors (Lipinski definition) is 1. The van der Waals surface area contributed by atoms with Crippen molar-refractivity contribution >= 4 is 28.2 Å². The van der Waals surface area contributed by atoms with E-state index in [0.717, 1.165) is 16.0 Å². The molecule has 2 aromatic carbocycles. The van der Waals surface area contributed by atoms with Crippen LogP contribution in [0, 0.1) is 13.8 Å². The van der Waals surface area contributed by atoms with Crippen LogP contribution >= 0.6 is 11.3 Å². The molecule has 170 valence electrons. The number of carbonyl (C=O) groups excluding carboxylic acids is 1. The van der Waals surface area contributed by atoms with E-state index < -0.39 is 0 Å². The molecule has 3 aromatic heterocycles. The van der Waals surface area contributed by atoms with Crippen molar-refractivity contribution in [2.24, 2.45) is 0 Å². The third-order valence-corrected chi connectivity index (χ3v) is 6.37. The van der Waals surface area contributed by atoms with Crippen molar-refractivity contribution in [2.75, 3.05) is 5.32 Å². The third-order valence-electron chi connectivity index (χ3n) is 5.54. The van der Waals surface area contributed by atoms with Crippen LogP contribution in [0.2, 0.25) is 0 Å². The second kappa shape index (κ2) is 9.03. The van der Waals surface area contributed by atoms with Crippen LogP contribution in [0.4, 0.5) is 5.13 Å². The molecule has 0 radical (unpaired) electrons. The number of aromatic nitrogens is 5. The lowest BCUT2D eigenvalue weighted by Gasteiger charge is -2.15. The number of nitrogens with zero attached hydrogens (tertiary/aromatic N) is 5. The van der Waals surface area contributed by atoms with Gasteiger partial charge >= 0.3 is 0 Å². The fourth-order valence-electron chi connectivity index (χ4n) is 3.82. The number of rotatable bonds is 6. The highest BCUT2D eigenvalue weighted by Gasteiger charge is 2.21. The van der Waals surface area contributed by atoms with Gasteiger partial charge in [-0.1, -0.05) is 60.7 Å². The van der Waals surface area contributed by atoms with Gasteiger partial charge in [0.2, 0.25) is 11.7 Å². The predicted octanol–water partition coefficient (Wildman–Crippen LogP) is 3.86. The van der Waals surface area contributed by atoms with Gasteiger partial charge < -0.3 is 9.88 Å². The lowest BCUT2D eigenvalue weighted by atomic mass is 10.1. The average molecular weight is 471 g/mol. The summed E-state index contributed by atoms with van der Waals surface area (Å²) in [5, 5.41) is 7.81. The van der Waals surface area contributed by atoms with E-state index in [1.807, 2.05) is 79.1 Å². The van der Waals surface area contributed by atoms with Crippen LogP contribution in [0.1, 0.15) is 21.7 Å². The number of anilines is 1. The normalized spacial score (nSPS) is 11.1. The molecule has 34 heavy (non-hydrogen) atoms. The van der Waals surface area contributed by atoms with Crippen molar-refractivity contribution in [1.82, 2.24) is 24.1 Å². The van der Waals surface area contributed by atoms with Crippen molar-refractivity contribution in [3.63, 3.8) is 0 Å². The molecular formula is C25H22N6O2S. The van der Waals surface area contributed by atoms with Gasteiger partial charge in [0.05, 0.1) is 13.0 Å². The Kier molecular flexibility index (Phi) is 5.77. The van der Waals surface area contributed by atoms with Crippen molar-refractivity contribution in [2.45, 2.75) is 26.8 Å². The van der Waals surface area contributed by atoms with Crippen molar-refractivity contribution < 1.29 is 4.79 Å². The molecule has 0 spiro atoms. The Labute approximate surface area is 199 Å². The van der Waals surface area contributed by atoms with Gasteiger partial charge in [-0.25, -0.2) is 4.98 Å². The molecule has 0 saturated carbocycles. The first-order valence-corrected chi connectivity index (χ1v) is 11.6. The Morgan fingerprint density at radius 3 is 2.41 bits per heavy atom. The standard InChI is InChI=1S/C25H22N6O2S/c1-16-14-26-24(34-16)27-21(32)13-20-17(2)30(15-18-9-5-3-6-10-18)25-28-22(29-31(25)23(20)33)19-11-7-4-8-12-19/h3-12,14H,13,15H2,1-2H3,(H,26,27,32). The number of fused-ring (bicyclic) bond motifs is 1. The van der Waals surface area contributed by atoms with Crippen molar-refractivity contribution in [3.8, 4) is 11.4 Å². The van der Waals surface area contributed by atoms with Gasteiger partial charge in [-0.05, 0) is 19.4 Å². The highest BCUT2D eigenvalue weighted by atomic mass is 32.1. The minimum Gasteiger partial charge on any atom is -0.309 e. The lowest BCUT2D eigenvalue weighted by Crippen LogP contribution is -2.29. The highest BCUT2D eigenvalue weighted by molar-refractivity contribution is 7.15. The van der Waals surface area contributed by atoms with Gasteiger partial charge in [-0.2, -0.15) is 9.50 Å². The molecule has 0 fully saturated rings. The maximum absolute atomic E-state index is 13.4. The maximum atomic E-state index is 13.4. The fraction of sp³-hybridized carbons (Fsp3) is 0.160. The third kappa shape index (κ3) is 4.25. The first-order chi connectivity index (χ1) is 16.5. The number of aryl methyl sites for hydroxylation is 1. The van der Waals surface area contributed by atoms with Crippen LogP contribution in [0.25, 0.3) is 17.2 Å². The topological polar surface area (TPSA) is 94.2 Å². The molecule has 1 amide bonds. The highest BCUT2D eigenvalue weighted by Crippen LogP contribution is 2.20. The van der Waals surface area contributed by atoms with Crippen LogP contribution in [-0.2, 0) is 17.8 Å². The molecule has 0 aliphatic carbocycles. The SMILES string of the molecule is Cc1cnc(NC(=O)Cc2c(C)n(Cc3ccccc3)c3nc(-c4ccccc4)nn3c2=O)s1. The number of thiazole rings is 1. The summed E-state index contributed by atoms with van der Waals surface area (Å²) in [5.41, 5.74) is 2.57. The molecule has 1 N–H and O–H groups in total. The molecule has 5 aromatic rings.